The summed E-state index contributed by atoms with van der Waals surface area (Å²) in [7, 11) is 0. The molecule has 1 atom stereocenters. The van der Waals surface area contributed by atoms with Crippen LogP contribution in [0.3, 0.4) is 0 Å². The molecule has 1 amide bonds. The van der Waals surface area contributed by atoms with Gasteiger partial charge in [0.2, 0.25) is 5.91 Å². The van der Waals surface area contributed by atoms with Crippen LogP contribution in [0.4, 0.5) is 5.69 Å². The fraction of sp³-hybridized carbons (Fsp3) is 0.300. The molecule has 2 rings (SSSR count). The summed E-state index contributed by atoms with van der Waals surface area (Å²) in [5.74, 6) is 0.691. The van der Waals surface area contributed by atoms with Crippen molar-refractivity contribution in [2.24, 2.45) is 4.99 Å². The fourth-order valence-corrected chi connectivity index (χ4v) is 2.47. The highest BCUT2D eigenvalue weighted by molar-refractivity contribution is 14.0. The molecule has 0 saturated carbocycles. The second-order valence-corrected chi connectivity index (χ2v) is 5.85. The van der Waals surface area contributed by atoms with Crippen molar-refractivity contribution in [2.75, 3.05) is 11.9 Å². The Morgan fingerprint density at radius 1 is 1.12 bits per heavy atom. The zero-order chi connectivity index (χ0) is 18.1. The normalized spacial score (nSPS) is 11.9. The summed E-state index contributed by atoms with van der Waals surface area (Å²) >= 11 is 0. The predicted molar refractivity (Wildman–Crippen MR) is 119 cm³/mol. The Bertz CT molecular complexity index is 719. The van der Waals surface area contributed by atoms with E-state index in [9.17, 15) is 4.79 Å². The molecule has 0 bridgehead atoms. The van der Waals surface area contributed by atoms with Gasteiger partial charge >= 0.3 is 0 Å². The summed E-state index contributed by atoms with van der Waals surface area (Å²) in [6.07, 6.45) is 0. The van der Waals surface area contributed by atoms with E-state index in [0.717, 1.165) is 23.8 Å². The van der Waals surface area contributed by atoms with Crippen molar-refractivity contribution >= 4 is 41.5 Å². The first-order chi connectivity index (χ1) is 12.1. The van der Waals surface area contributed by atoms with Crippen molar-refractivity contribution in [3.63, 3.8) is 0 Å². The topological polar surface area (TPSA) is 65.5 Å². The third-order valence-electron chi connectivity index (χ3n) is 3.66. The monoisotopic (exact) mass is 466 g/mol. The molecule has 1 unspecified atom stereocenters. The molecule has 0 fully saturated rings. The number of carbonyl (C=O) groups is 1. The van der Waals surface area contributed by atoms with Gasteiger partial charge in [-0.25, -0.2) is 4.99 Å². The maximum atomic E-state index is 11.2. The molecule has 0 saturated heterocycles. The molecule has 6 heteroatoms. The maximum absolute atomic E-state index is 11.2. The van der Waals surface area contributed by atoms with E-state index in [0.29, 0.717) is 6.54 Å². The summed E-state index contributed by atoms with van der Waals surface area (Å²) in [6.45, 7) is 6.98. The zero-order valence-electron chi connectivity index (χ0n) is 15.5. The van der Waals surface area contributed by atoms with Crippen LogP contribution in [0, 0.1) is 0 Å². The van der Waals surface area contributed by atoms with Crippen LogP contribution in [0.5, 0.6) is 0 Å². The lowest BCUT2D eigenvalue weighted by atomic mass is 10.1. The van der Waals surface area contributed by atoms with E-state index in [1.54, 1.807) is 0 Å². The number of amides is 1. The maximum Gasteiger partial charge on any atom is 0.221 e. The van der Waals surface area contributed by atoms with Crippen LogP contribution in [0.25, 0.3) is 0 Å². The lowest BCUT2D eigenvalue weighted by molar-refractivity contribution is -0.114. The second kappa shape index (κ2) is 11.5. The van der Waals surface area contributed by atoms with Crippen molar-refractivity contribution in [3.05, 3.63) is 65.7 Å². The Balaban J connectivity index is 0.00000338. The number of guanidine groups is 1. The lowest BCUT2D eigenvalue weighted by Crippen LogP contribution is -2.38. The molecule has 0 aliphatic rings. The van der Waals surface area contributed by atoms with Crippen LogP contribution >= 0.6 is 24.0 Å². The van der Waals surface area contributed by atoms with Gasteiger partial charge in [0.05, 0.1) is 12.6 Å². The Kier molecular flexibility index (Phi) is 9.72. The molecule has 0 heterocycles. The van der Waals surface area contributed by atoms with E-state index in [1.165, 1.54) is 12.5 Å². The van der Waals surface area contributed by atoms with Gasteiger partial charge in [-0.3, -0.25) is 4.79 Å². The average Bonchev–Trinajstić information content (AvgIpc) is 2.60. The summed E-state index contributed by atoms with van der Waals surface area (Å²) < 4.78 is 0. The molecule has 0 radical (unpaired) electrons. The number of hydrogen-bond acceptors (Lipinski definition) is 2. The number of nitrogens with one attached hydrogen (secondary N) is 3. The number of aliphatic imine (C=N–C) groups is 1. The van der Waals surface area contributed by atoms with Crippen LogP contribution < -0.4 is 16.0 Å². The molecule has 3 N–H and O–H groups in total. The number of nitrogens with zero attached hydrogens (tertiary/aromatic N) is 1. The number of hydrogen-bond donors (Lipinski definition) is 3. The van der Waals surface area contributed by atoms with Crippen LogP contribution in [0.1, 0.15) is 37.9 Å². The minimum atomic E-state index is -0.0765. The third kappa shape index (κ3) is 7.43. The number of carbonyl (C=O) groups excluding carboxylic acids is 1. The van der Waals surface area contributed by atoms with E-state index in [4.69, 9.17) is 0 Å². The van der Waals surface area contributed by atoms with Gasteiger partial charge in [0, 0.05) is 19.2 Å². The van der Waals surface area contributed by atoms with Gasteiger partial charge in [-0.15, -0.1) is 24.0 Å². The van der Waals surface area contributed by atoms with Gasteiger partial charge < -0.3 is 16.0 Å². The van der Waals surface area contributed by atoms with Crippen LogP contribution in [-0.2, 0) is 11.3 Å². The standard InChI is InChI=1S/C20H26N4O.HI/c1-4-21-20(23-15(2)18-10-6-5-7-11-18)22-14-17-9-8-12-19(13-17)24-16(3)25;/h5-13,15H,4,14H2,1-3H3,(H,24,25)(H2,21,22,23);1H. The summed E-state index contributed by atoms with van der Waals surface area (Å²) in [6, 6.07) is 18.2. The first-order valence-electron chi connectivity index (χ1n) is 8.54. The third-order valence-corrected chi connectivity index (χ3v) is 3.66. The summed E-state index contributed by atoms with van der Waals surface area (Å²) in [4.78, 5) is 15.8. The smallest absolute Gasteiger partial charge is 0.221 e. The predicted octanol–water partition coefficient (Wildman–Crippen LogP) is 4.08. The average molecular weight is 466 g/mol. The number of halogens is 1. The van der Waals surface area contributed by atoms with Gasteiger partial charge in [-0.2, -0.15) is 0 Å². The minimum absolute atomic E-state index is 0. The number of rotatable bonds is 6. The molecule has 2 aromatic carbocycles. The Morgan fingerprint density at radius 3 is 2.50 bits per heavy atom. The quantitative estimate of drug-likeness (QED) is 0.342. The van der Waals surface area contributed by atoms with Gasteiger partial charge in [0.25, 0.3) is 0 Å². The Labute approximate surface area is 172 Å². The zero-order valence-corrected chi connectivity index (χ0v) is 17.8. The van der Waals surface area contributed by atoms with Gasteiger partial charge in [0.1, 0.15) is 0 Å². The van der Waals surface area contributed by atoms with E-state index >= 15 is 0 Å². The molecular formula is C20H27IN4O. The van der Waals surface area contributed by atoms with Crippen LogP contribution in [-0.4, -0.2) is 18.4 Å². The molecule has 2 aromatic rings. The molecule has 5 nitrogen and oxygen atoms in total. The minimum Gasteiger partial charge on any atom is -0.357 e. The molecule has 0 aliphatic heterocycles. The van der Waals surface area contributed by atoms with Crippen molar-refractivity contribution in [3.8, 4) is 0 Å². The summed E-state index contributed by atoms with van der Waals surface area (Å²) in [5.41, 5.74) is 3.03. The van der Waals surface area contributed by atoms with Crippen molar-refractivity contribution in [2.45, 2.75) is 33.4 Å². The van der Waals surface area contributed by atoms with Gasteiger partial charge in [-0.1, -0.05) is 42.5 Å². The lowest BCUT2D eigenvalue weighted by Gasteiger charge is -2.18. The fourth-order valence-electron chi connectivity index (χ4n) is 2.47. The van der Waals surface area contributed by atoms with E-state index in [2.05, 4.69) is 40.0 Å². The molecule has 0 spiro atoms. The van der Waals surface area contributed by atoms with Crippen molar-refractivity contribution in [1.82, 2.24) is 10.6 Å². The van der Waals surface area contributed by atoms with E-state index in [1.807, 2.05) is 49.4 Å². The van der Waals surface area contributed by atoms with E-state index in [-0.39, 0.29) is 35.9 Å². The summed E-state index contributed by atoms with van der Waals surface area (Å²) in [5, 5.41) is 9.48. The highest BCUT2D eigenvalue weighted by Gasteiger charge is 2.07. The van der Waals surface area contributed by atoms with Gasteiger partial charge in [0.15, 0.2) is 5.96 Å². The van der Waals surface area contributed by atoms with Gasteiger partial charge in [-0.05, 0) is 37.1 Å². The Hall–Kier alpha value is -2.09. The Morgan fingerprint density at radius 2 is 1.85 bits per heavy atom. The van der Waals surface area contributed by atoms with Crippen molar-refractivity contribution < 1.29 is 4.79 Å². The largest absolute Gasteiger partial charge is 0.357 e. The van der Waals surface area contributed by atoms with Crippen LogP contribution in [0.15, 0.2) is 59.6 Å². The first kappa shape index (κ1) is 22.0. The van der Waals surface area contributed by atoms with Crippen molar-refractivity contribution in [1.29, 1.82) is 0 Å². The number of anilines is 1. The SMILES string of the molecule is CCNC(=NCc1cccc(NC(C)=O)c1)NC(C)c1ccccc1.I. The second-order valence-electron chi connectivity index (χ2n) is 5.85. The highest BCUT2D eigenvalue weighted by Crippen LogP contribution is 2.13. The molecular weight excluding hydrogens is 439 g/mol. The molecule has 0 aliphatic carbocycles. The van der Waals surface area contributed by atoms with Crippen LogP contribution in [0.2, 0.25) is 0 Å². The molecule has 0 aromatic heterocycles. The molecule has 140 valence electrons. The van der Waals surface area contributed by atoms with E-state index < -0.39 is 0 Å². The highest BCUT2D eigenvalue weighted by atomic mass is 127. The number of benzene rings is 2. The molecule has 26 heavy (non-hydrogen) atoms. The first-order valence-corrected chi connectivity index (χ1v) is 8.54.